The van der Waals surface area contributed by atoms with Crippen LogP contribution >= 0.6 is 0 Å². The minimum absolute atomic E-state index is 0.0238. The lowest BCUT2D eigenvalue weighted by atomic mass is 10.1. The maximum atomic E-state index is 13.9. The second-order valence-electron chi connectivity index (χ2n) is 4.01. The molecular formula is C13H11FN4O2. The average molecular weight is 274 g/mol. The van der Waals surface area contributed by atoms with Crippen molar-refractivity contribution in [2.45, 2.75) is 6.54 Å². The van der Waals surface area contributed by atoms with E-state index >= 15 is 0 Å². The van der Waals surface area contributed by atoms with E-state index in [9.17, 15) is 9.18 Å². The molecule has 102 valence electrons. The smallest absolute Gasteiger partial charge is 0.360 e. The number of nitrogens with two attached hydrogens (primary N) is 1. The monoisotopic (exact) mass is 274 g/mol. The highest BCUT2D eigenvalue weighted by molar-refractivity contribution is 5.92. The third-order valence-corrected chi connectivity index (χ3v) is 2.70. The molecule has 1 aromatic carbocycles. The summed E-state index contributed by atoms with van der Waals surface area (Å²) in [5, 5.41) is 12.7. The summed E-state index contributed by atoms with van der Waals surface area (Å²) in [7, 11) is 1.22. The van der Waals surface area contributed by atoms with Gasteiger partial charge < -0.3 is 10.5 Å². The Morgan fingerprint density at radius 2 is 2.35 bits per heavy atom. The van der Waals surface area contributed by atoms with Crippen molar-refractivity contribution in [3.05, 3.63) is 47.0 Å². The van der Waals surface area contributed by atoms with Gasteiger partial charge in [0.2, 0.25) is 0 Å². The number of rotatable bonds is 3. The van der Waals surface area contributed by atoms with Crippen molar-refractivity contribution in [3.63, 3.8) is 0 Å². The first-order chi connectivity index (χ1) is 9.56. The molecule has 0 aliphatic heterocycles. The van der Waals surface area contributed by atoms with E-state index in [0.717, 1.165) is 0 Å². The molecular weight excluding hydrogens is 263 g/mol. The molecule has 6 nitrogen and oxygen atoms in total. The van der Waals surface area contributed by atoms with E-state index in [1.807, 2.05) is 0 Å². The van der Waals surface area contributed by atoms with E-state index in [1.165, 1.54) is 30.1 Å². The number of benzene rings is 1. The largest absolute Gasteiger partial charge is 0.464 e. The van der Waals surface area contributed by atoms with Crippen molar-refractivity contribution in [1.29, 1.82) is 5.26 Å². The van der Waals surface area contributed by atoms with Crippen molar-refractivity contribution in [2.24, 2.45) is 0 Å². The number of esters is 1. The highest BCUT2D eigenvalue weighted by Crippen LogP contribution is 2.16. The number of nitriles is 1. The first-order valence-corrected chi connectivity index (χ1v) is 5.65. The molecule has 0 bridgehead atoms. The Labute approximate surface area is 114 Å². The Morgan fingerprint density at radius 1 is 1.60 bits per heavy atom. The van der Waals surface area contributed by atoms with Gasteiger partial charge in [0.1, 0.15) is 11.9 Å². The summed E-state index contributed by atoms with van der Waals surface area (Å²) in [6.07, 6.45) is 1.41. The van der Waals surface area contributed by atoms with E-state index < -0.39 is 11.8 Å². The van der Waals surface area contributed by atoms with Crippen LogP contribution in [0.5, 0.6) is 0 Å². The summed E-state index contributed by atoms with van der Waals surface area (Å²) < 4.78 is 19.8. The summed E-state index contributed by atoms with van der Waals surface area (Å²) in [6.45, 7) is 0.0581. The second-order valence-corrected chi connectivity index (χ2v) is 4.01. The van der Waals surface area contributed by atoms with Gasteiger partial charge in [-0.3, -0.25) is 4.68 Å². The van der Waals surface area contributed by atoms with Gasteiger partial charge in [-0.15, -0.1) is 0 Å². The molecule has 0 unspecified atom stereocenters. The molecule has 2 N–H and O–H groups in total. The van der Waals surface area contributed by atoms with Gasteiger partial charge in [-0.1, -0.05) is 12.1 Å². The molecule has 0 saturated carbocycles. The van der Waals surface area contributed by atoms with E-state index in [-0.39, 0.29) is 29.1 Å². The molecule has 2 aromatic rings. The molecule has 2 rings (SSSR count). The van der Waals surface area contributed by atoms with Crippen LogP contribution in [0.3, 0.4) is 0 Å². The van der Waals surface area contributed by atoms with Crippen LogP contribution in [0, 0.1) is 17.1 Å². The third-order valence-electron chi connectivity index (χ3n) is 2.70. The molecule has 0 amide bonds. The molecule has 0 spiro atoms. The fourth-order valence-electron chi connectivity index (χ4n) is 1.74. The zero-order valence-electron chi connectivity index (χ0n) is 10.6. The van der Waals surface area contributed by atoms with Crippen molar-refractivity contribution < 1.29 is 13.9 Å². The fraction of sp³-hybridized carbons (Fsp3) is 0.154. The quantitative estimate of drug-likeness (QED) is 0.851. The Kier molecular flexibility index (Phi) is 3.66. The number of nitrogen functional groups attached to an aromatic ring is 1. The number of hydrogen-bond acceptors (Lipinski definition) is 5. The number of carbonyl (C=O) groups is 1. The van der Waals surface area contributed by atoms with Crippen molar-refractivity contribution in [3.8, 4) is 6.07 Å². The topological polar surface area (TPSA) is 93.9 Å². The van der Waals surface area contributed by atoms with Gasteiger partial charge in [0, 0.05) is 11.8 Å². The zero-order valence-corrected chi connectivity index (χ0v) is 10.6. The standard InChI is InChI=1S/C13H11FN4O2/c1-20-13(19)12-10(16)7-18(17-12)6-9-4-2-3-8(5-15)11(9)14/h2-4,7H,6,16H2,1H3. The molecule has 20 heavy (non-hydrogen) atoms. The summed E-state index contributed by atoms with van der Waals surface area (Å²) in [4.78, 5) is 11.4. The van der Waals surface area contributed by atoms with Gasteiger partial charge in [0.15, 0.2) is 5.69 Å². The maximum absolute atomic E-state index is 13.9. The van der Waals surface area contributed by atoms with E-state index in [2.05, 4.69) is 9.84 Å². The summed E-state index contributed by atoms with van der Waals surface area (Å²) in [5.41, 5.74) is 5.99. The molecule has 1 heterocycles. The highest BCUT2D eigenvalue weighted by Gasteiger charge is 2.16. The number of aromatic nitrogens is 2. The summed E-state index contributed by atoms with van der Waals surface area (Å²) in [5.74, 6) is -1.27. The molecule has 1 aromatic heterocycles. The summed E-state index contributed by atoms with van der Waals surface area (Å²) >= 11 is 0. The van der Waals surface area contributed by atoms with E-state index in [1.54, 1.807) is 12.1 Å². The van der Waals surface area contributed by atoms with Crippen LogP contribution in [-0.2, 0) is 11.3 Å². The molecule has 0 aliphatic carbocycles. The molecule has 0 radical (unpaired) electrons. The Bertz CT molecular complexity index is 703. The number of anilines is 1. The van der Waals surface area contributed by atoms with Crippen LogP contribution in [0.4, 0.5) is 10.1 Å². The lowest BCUT2D eigenvalue weighted by Crippen LogP contribution is -2.08. The molecule has 0 aliphatic rings. The van der Waals surface area contributed by atoms with Gasteiger partial charge in [0.25, 0.3) is 0 Å². The predicted molar refractivity (Wildman–Crippen MR) is 68.2 cm³/mol. The molecule has 0 atom stereocenters. The number of ether oxygens (including phenoxy) is 1. The Hall–Kier alpha value is -2.88. The maximum Gasteiger partial charge on any atom is 0.360 e. The van der Waals surface area contributed by atoms with Gasteiger partial charge in [-0.25, -0.2) is 9.18 Å². The van der Waals surface area contributed by atoms with E-state index in [0.29, 0.717) is 0 Å². The lowest BCUT2D eigenvalue weighted by Gasteiger charge is -2.04. The van der Waals surface area contributed by atoms with Crippen LogP contribution in [-0.4, -0.2) is 22.9 Å². The number of nitrogens with zero attached hydrogens (tertiary/aromatic N) is 3. The number of halogens is 1. The number of carbonyl (C=O) groups excluding carboxylic acids is 1. The normalized spacial score (nSPS) is 10.1. The Balaban J connectivity index is 2.32. The van der Waals surface area contributed by atoms with Crippen LogP contribution < -0.4 is 5.73 Å². The minimum Gasteiger partial charge on any atom is -0.464 e. The predicted octanol–water partition coefficient (Wildman–Crippen LogP) is 1.31. The van der Waals surface area contributed by atoms with Gasteiger partial charge >= 0.3 is 5.97 Å². The Morgan fingerprint density at radius 3 is 3.00 bits per heavy atom. The van der Waals surface area contributed by atoms with Crippen LogP contribution in [0.1, 0.15) is 21.6 Å². The molecule has 0 saturated heterocycles. The number of hydrogen-bond donors (Lipinski definition) is 1. The van der Waals surface area contributed by atoms with Crippen molar-refractivity contribution >= 4 is 11.7 Å². The summed E-state index contributed by atoms with van der Waals surface area (Å²) in [6, 6.07) is 6.26. The fourth-order valence-corrected chi connectivity index (χ4v) is 1.74. The van der Waals surface area contributed by atoms with Crippen LogP contribution in [0.25, 0.3) is 0 Å². The van der Waals surface area contributed by atoms with Crippen LogP contribution in [0.2, 0.25) is 0 Å². The van der Waals surface area contributed by atoms with Crippen molar-refractivity contribution in [1.82, 2.24) is 9.78 Å². The third kappa shape index (κ3) is 2.44. The lowest BCUT2D eigenvalue weighted by molar-refractivity contribution is 0.0594. The second kappa shape index (κ2) is 5.40. The van der Waals surface area contributed by atoms with E-state index in [4.69, 9.17) is 11.0 Å². The van der Waals surface area contributed by atoms with Crippen LogP contribution in [0.15, 0.2) is 24.4 Å². The average Bonchev–Trinajstić information content (AvgIpc) is 2.81. The minimum atomic E-state index is -0.660. The SMILES string of the molecule is COC(=O)c1nn(Cc2cccc(C#N)c2F)cc1N. The molecule has 0 fully saturated rings. The highest BCUT2D eigenvalue weighted by atomic mass is 19.1. The first kappa shape index (κ1) is 13.5. The van der Waals surface area contributed by atoms with Gasteiger partial charge in [-0.05, 0) is 6.07 Å². The molecule has 7 heteroatoms. The first-order valence-electron chi connectivity index (χ1n) is 5.65. The number of methoxy groups -OCH3 is 1. The van der Waals surface area contributed by atoms with Crippen molar-refractivity contribution in [2.75, 3.05) is 12.8 Å². The van der Waals surface area contributed by atoms with Gasteiger partial charge in [0.05, 0.1) is 24.9 Å². The van der Waals surface area contributed by atoms with Gasteiger partial charge in [-0.2, -0.15) is 10.4 Å². The zero-order chi connectivity index (χ0) is 14.7.